The highest BCUT2D eigenvalue weighted by Gasteiger charge is 2.36. The molecule has 0 spiro atoms. The van der Waals surface area contributed by atoms with Gasteiger partial charge in [0.1, 0.15) is 12.4 Å². The molecular weight excluding hydrogens is 316 g/mol. The van der Waals surface area contributed by atoms with Crippen molar-refractivity contribution in [2.45, 2.75) is 12.8 Å². The summed E-state index contributed by atoms with van der Waals surface area (Å²) in [7, 11) is 3.75. The van der Waals surface area contributed by atoms with Gasteiger partial charge in [0.15, 0.2) is 0 Å². The standard InChI is InChI=1S/C19H26N4O2/c1-14-4-6-16(7-5-14)25-9-8-22(2)19(24)18-12-20-11-17(18)15-10-21-23(3)13-15/h4-7,10,13,17-18,20H,8-9,11-12H2,1-3H3/t17-,18+/m1/s1. The van der Waals surface area contributed by atoms with Gasteiger partial charge in [-0.1, -0.05) is 17.7 Å². The molecule has 6 heteroatoms. The number of hydrogen-bond donors (Lipinski definition) is 1. The van der Waals surface area contributed by atoms with Crippen molar-refractivity contribution in [3.8, 4) is 5.75 Å². The Bertz CT molecular complexity index is 710. The lowest BCUT2D eigenvalue weighted by Gasteiger charge is -2.24. The topological polar surface area (TPSA) is 59.4 Å². The molecule has 0 aliphatic carbocycles. The largest absolute Gasteiger partial charge is 0.492 e. The first kappa shape index (κ1) is 17.5. The van der Waals surface area contributed by atoms with E-state index >= 15 is 0 Å². The number of carbonyl (C=O) groups is 1. The Hall–Kier alpha value is -2.34. The van der Waals surface area contributed by atoms with Crippen LogP contribution in [0.3, 0.4) is 0 Å². The molecule has 1 amide bonds. The van der Waals surface area contributed by atoms with Crippen LogP contribution in [0, 0.1) is 12.8 Å². The van der Waals surface area contributed by atoms with Crippen molar-refractivity contribution in [1.82, 2.24) is 20.0 Å². The molecule has 1 fully saturated rings. The predicted molar refractivity (Wildman–Crippen MR) is 96.6 cm³/mol. The molecule has 0 bridgehead atoms. The van der Waals surface area contributed by atoms with E-state index in [9.17, 15) is 4.79 Å². The van der Waals surface area contributed by atoms with Crippen molar-refractivity contribution >= 4 is 5.91 Å². The Labute approximate surface area is 148 Å². The minimum absolute atomic E-state index is 0.0476. The first-order chi connectivity index (χ1) is 12.0. The third kappa shape index (κ3) is 4.20. The fraction of sp³-hybridized carbons (Fsp3) is 0.474. The summed E-state index contributed by atoms with van der Waals surface area (Å²) in [6.07, 6.45) is 3.86. The van der Waals surface area contributed by atoms with Gasteiger partial charge in [-0.2, -0.15) is 5.10 Å². The van der Waals surface area contributed by atoms with Crippen LogP contribution in [0.25, 0.3) is 0 Å². The number of hydrogen-bond acceptors (Lipinski definition) is 4. The van der Waals surface area contributed by atoms with E-state index in [0.717, 1.165) is 17.9 Å². The van der Waals surface area contributed by atoms with Crippen LogP contribution in [0.2, 0.25) is 0 Å². The Balaban J connectivity index is 1.53. The highest BCUT2D eigenvalue weighted by atomic mass is 16.5. The summed E-state index contributed by atoms with van der Waals surface area (Å²) in [5.41, 5.74) is 2.32. The third-order valence-corrected chi connectivity index (χ3v) is 4.78. The van der Waals surface area contributed by atoms with Gasteiger partial charge in [0.2, 0.25) is 5.91 Å². The van der Waals surface area contributed by atoms with Crippen LogP contribution >= 0.6 is 0 Å². The van der Waals surface area contributed by atoms with Crippen LogP contribution in [-0.4, -0.2) is 53.9 Å². The molecule has 1 aromatic heterocycles. The molecule has 3 rings (SSSR count). The SMILES string of the molecule is Cc1ccc(OCCN(C)C(=O)[C@H]2CNC[C@@H]2c2cnn(C)c2)cc1. The molecular formula is C19H26N4O2. The maximum absolute atomic E-state index is 12.8. The summed E-state index contributed by atoms with van der Waals surface area (Å²) < 4.78 is 7.52. The Morgan fingerprint density at radius 3 is 2.80 bits per heavy atom. The van der Waals surface area contributed by atoms with Crippen molar-refractivity contribution in [1.29, 1.82) is 0 Å². The van der Waals surface area contributed by atoms with E-state index in [0.29, 0.717) is 19.7 Å². The second kappa shape index (κ2) is 7.70. The number of aromatic nitrogens is 2. The highest BCUT2D eigenvalue weighted by Crippen LogP contribution is 2.29. The molecule has 2 atom stereocenters. The molecule has 1 saturated heterocycles. The predicted octanol–water partition coefficient (Wildman–Crippen LogP) is 1.57. The number of likely N-dealkylation sites (N-methyl/N-ethyl adjacent to an activating group) is 1. The van der Waals surface area contributed by atoms with Gasteiger partial charge < -0.3 is 15.0 Å². The lowest BCUT2D eigenvalue weighted by atomic mass is 9.90. The molecule has 0 radical (unpaired) electrons. The number of nitrogens with zero attached hydrogens (tertiary/aromatic N) is 3. The van der Waals surface area contributed by atoms with E-state index in [4.69, 9.17) is 4.74 Å². The van der Waals surface area contributed by atoms with E-state index in [2.05, 4.69) is 10.4 Å². The summed E-state index contributed by atoms with van der Waals surface area (Å²) >= 11 is 0. The molecule has 25 heavy (non-hydrogen) atoms. The van der Waals surface area contributed by atoms with Crippen LogP contribution in [0.1, 0.15) is 17.0 Å². The normalized spacial score (nSPS) is 19.8. The molecule has 2 aromatic rings. The Kier molecular flexibility index (Phi) is 5.38. The summed E-state index contributed by atoms with van der Waals surface area (Å²) in [4.78, 5) is 14.6. The van der Waals surface area contributed by atoms with E-state index in [1.807, 2.05) is 57.7 Å². The van der Waals surface area contributed by atoms with E-state index in [1.54, 1.807) is 9.58 Å². The first-order valence-electron chi connectivity index (χ1n) is 8.68. The fourth-order valence-corrected chi connectivity index (χ4v) is 3.25. The third-order valence-electron chi connectivity index (χ3n) is 4.78. The van der Waals surface area contributed by atoms with Crippen molar-refractivity contribution < 1.29 is 9.53 Å². The Morgan fingerprint density at radius 2 is 2.12 bits per heavy atom. The lowest BCUT2D eigenvalue weighted by molar-refractivity contribution is -0.134. The average Bonchev–Trinajstić information content (AvgIpc) is 3.24. The van der Waals surface area contributed by atoms with Gasteiger partial charge in [-0.15, -0.1) is 0 Å². The number of carbonyl (C=O) groups excluding carboxylic acids is 1. The summed E-state index contributed by atoms with van der Waals surface area (Å²) in [6.45, 7) is 4.63. The molecule has 0 saturated carbocycles. The second-order valence-corrected chi connectivity index (χ2v) is 6.74. The van der Waals surface area contributed by atoms with Crippen LogP contribution < -0.4 is 10.1 Å². The monoisotopic (exact) mass is 342 g/mol. The molecule has 2 heterocycles. The summed E-state index contributed by atoms with van der Waals surface area (Å²) in [6, 6.07) is 7.95. The molecule has 1 N–H and O–H groups in total. The van der Waals surface area contributed by atoms with Gasteiger partial charge in [-0.05, 0) is 24.6 Å². The van der Waals surface area contributed by atoms with E-state index in [-0.39, 0.29) is 17.7 Å². The second-order valence-electron chi connectivity index (χ2n) is 6.74. The number of ether oxygens (including phenoxy) is 1. The van der Waals surface area contributed by atoms with Crippen LogP contribution in [0.5, 0.6) is 5.75 Å². The van der Waals surface area contributed by atoms with Gasteiger partial charge in [-0.3, -0.25) is 9.48 Å². The minimum Gasteiger partial charge on any atom is -0.492 e. The zero-order chi connectivity index (χ0) is 17.8. The fourth-order valence-electron chi connectivity index (χ4n) is 3.25. The summed E-state index contributed by atoms with van der Waals surface area (Å²) in [5, 5.41) is 7.57. The van der Waals surface area contributed by atoms with Gasteiger partial charge in [0.25, 0.3) is 0 Å². The number of benzene rings is 1. The number of rotatable bonds is 6. The maximum atomic E-state index is 12.8. The molecule has 1 aliphatic heterocycles. The summed E-state index contributed by atoms with van der Waals surface area (Å²) in [5.74, 6) is 1.13. The first-order valence-corrected chi connectivity index (χ1v) is 8.68. The molecule has 6 nitrogen and oxygen atoms in total. The van der Waals surface area contributed by atoms with Crippen LogP contribution in [-0.2, 0) is 11.8 Å². The van der Waals surface area contributed by atoms with Crippen LogP contribution in [0.4, 0.5) is 0 Å². The smallest absolute Gasteiger partial charge is 0.227 e. The van der Waals surface area contributed by atoms with Crippen molar-refractivity contribution in [3.63, 3.8) is 0 Å². The van der Waals surface area contributed by atoms with Gasteiger partial charge >= 0.3 is 0 Å². The molecule has 0 unspecified atom stereocenters. The molecule has 1 aliphatic rings. The minimum atomic E-state index is -0.0476. The van der Waals surface area contributed by atoms with E-state index in [1.165, 1.54) is 5.56 Å². The maximum Gasteiger partial charge on any atom is 0.227 e. The quantitative estimate of drug-likeness (QED) is 0.866. The van der Waals surface area contributed by atoms with Crippen molar-refractivity contribution in [3.05, 3.63) is 47.8 Å². The van der Waals surface area contributed by atoms with Crippen molar-refractivity contribution in [2.75, 3.05) is 33.3 Å². The van der Waals surface area contributed by atoms with Crippen molar-refractivity contribution in [2.24, 2.45) is 13.0 Å². The number of nitrogens with one attached hydrogen (secondary N) is 1. The van der Waals surface area contributed by atoms with E-state index < -0.39 is 0 Å². The lowest BCUT2D eigenvalue weighted by Crippen LogP contribution is -2.38. The van der Waals surface area contributed by atoms with Gasteiger partial charge in [0, 0.05) is 39.3 Å². The molecule has 134 valence electrons. The number of amides is 1. The van der Waals surface area contributed by atoms with Gasteiger partial charge in [-0.25, -0.2) is 0 Å². The average molecular weight is 342 g/mol. The Morgan fingerprint density at radius 1 is 1.36 bits per heavy atom. The zero-order valence-electron chi connectivity index (χ0n) is 15.1. The van der Waals surface area contributed by atoms with Crippen LogP contribution in [0.15, 0.2) is 36.7 Å². The zero-order valence-corrected chi connectivity index (χ0v) is 15.1. The highest BCUT2D eigenvalue weighted by molar-refractivity contribution is 5.80. The number of aryl methyl sites for hydroxylation is 2. The van der Waals surface area contributed by atoms with Gasteiger partial charge in [0.05, 0.1) is 18.7 Å². The molecule has 1 aromatic carbocycles.